The van der Waals surface area contributed by atoms with E-state index in [0.717, 1.165) is 16.6 Å². The summed E-state index contributed by atoms with van der Waals surface area (Å²) in [4.78, 5) is 11.9. The highest BCUT2D eigenvalue weighted by molar-refractivity contribution is 9.10. The summed E-state index contributed by atoms with van der Waals surface area (Å²) < 4.78 is 0.965. The molecule has 1 unspecified atom stereocenters. The molecule has 0 aliphatic rings. The van der Waals surface area contributed by atoms with E-state index in [2.05, 4.69) is 26.6 Å². The second kappa shape index (κ2) is 6.66. The number of amides is 1. The molecule has 1 amide bonds. The summed E-state index contributed by atoms with van der Waals surface area (Å²) in [5.41, 5.74) is 0.828. The standard InChI is InChI=1S/C12H17BrN2O/c1-3-9(8-14-2)12(16)15-11-6-4-5-10(13)7-11/h4-7,9,14H,3,8H2,1-2H3,(H,15,16). The first-order valence-electron chi connectivity index (χ1n) is 5.38. The smallest absolute Gasteiger partial charge is 0.228 e. The molecule has 0 saturated heterocycles. The van der Waals surface area contributed by atoms with Crippen LogP contribution in [0.2, 0.25) is 0 Å². The van der Waals surface area contributed by atoms with Crippen molar-refractivity contribution in [3.63, 3.8) is 0 Å². The van der Waals surface area contributed by atoms with Gasteiger partial charge in [-0.15, -0.1) is 0 Å². The van der Waals surface area contributed by atoms with Crippen LogP contribution in [0.4, 0.5) is 5.69 Å². The van der Waals surface area contributed by atoms with Gasteiger partial charge in [-0.1, -0.05) is 28.9 Å². The average Bonchev–Trinajstić information content (AvgIpc) is 2.25. The molecule has 2 N–H and O–H groups in total. The van der Waals surface area contributed by atoms with Gasteiger partial charge in [0.05, 0.1) is 5.92 Å². The van der Waals surface area contributed by atoms with Crippen molar-refractivity contribution in [2.45, 2.75) is 13.3 Å². The number of benzene rings is 1. The highest BCUT2D eigenvalue weighted by Crippen LogP contribution is 2.16. The van der Waals surface area contributed by atoms with Crippen LogP contribution in [0.25, 0.3) is 0 Å². The summed E-state index contributed by atoms with van der Waals surface area (Å²) in [6.07, 6.45) is 0.834. The van der Waals surface area contributed by atoms with Crippen molar-refractivity contribution >= 4 is 27.5 Å². The van der Waals surface area contributed by atoms with E-state index in [1.54, 1.807) is 0 Å². The maximum atomic E-state index is 11.9. The van der Waals surface area contributed by atoms with Crippen LogP contribution in [-0.2, 0) is 4.79 Å². The first-order valence-corrected chi connectivity index (χ1v) is 6.17. The van der Waals surface area contributed by atoms with E-state index in [9.17, 15) is 4.79 Å². The summed E-state index contributed by atoms with van der Waals surface area (Å²) in [7, 11) is 1.86. The Morgan fingerprint density at radius 2 is 2.25 bits per heavy atom. The maximum Gasteiger partial charge on any atom is 0.228 e. The molecule has 0 heterocycles. The van der Waals surface area contributed by atoms with Gasteiger partial charge in [0.2, 0.25) is 5.91 Å². The second-order valence-corrected chi connectivity index (χ2v) is 4.58. The minimum Gasteiger partial charge on any atom is -0.326 e. The molecule has 3 nitrogen and oxygen atoms in total. The lowest BCUT2D eigenvalue weighted by atomic mass is 10.1. The highest BCUT2D eigenvalue weighted by atomic mass is 79.9. The van der Waals surface area contributed by atoms with Crippen LogP contribution in [0.3, 0.4) is 0 Å². The molecule has 1 aromatic rings. The first-order chi connectivity index (χ1) is 7.67. The van der Waals surface area contributed by atoms with Gasteiger partial charge in [-0.05, 0) is 31.7 Å². The Kier molecular flexibility index (Phi) is 5.49. The number of hydrogen-bond donors (Lipinski definition) is 2. The van der Waals surface area contributed by atoms with Crippen LogP contribution in [0.5, 0.6) is 0 Å². The molecule has 0 aromatic heterocycles. The molecule has 1 atom stereocenters. The summed E-state index contributed by atoms with van der Waals surface area (Å²) in [5.74, 6) is 0.0823. The number of carbonyl (C=O) groups excluding carboxylic acids is 1. The molecular weight excluding hydrogens is 268 g/mol. The Hall–Kier alpha value is -0.870. The fraction of sp³-hybridized carbons (Fsp3) is 0.417. The number of anilines is 1. The van der Waals surface area contributed by atoms with Crippen LogP contribution < -0.4 is 10.6 Å². The minimum atomic E-state index is 0.0176. The molecule has 88 valence electrons. The minimum absolute atomic E-state index is 0.0176. The van der Waals surface area contributed by atoms with Gasteiger partial charge >= 0.3 is 0 Å². The van der Waals surface area contributed by atoms with Crippen LogP contribution in [0, 0.1) is 5.92 Å². The van der Waals surface area contributed by atoms with Gasteiger partial charge in [0.15, 0.2) is 0 Å². The molecule has 0 saturated carbocycles. The van der Waals surface area contributed by atoms with Crippen molar-refractivity contribution in [3.05, 3.63) is 28.7 Å². The van der Waals surface area contributed by atoms with Crippen molar-refractivity contribution in [2.24, 2.45) is 5.92 Å². The zero-order chi connectivity index (χ0) is 12.0. The van der Waals surface area contributed by atoms with E-state index < -0.39 is 0 Å². The van der Waals surface area contributed by atoms with Crippen molar-refractivity contribution < 1.29 is 4.79 Å². The molecule has 1 rings (SSSR count). The van der Waals surface area contributed by atoms with Crippen LogP contribution in [-0.4, -0.2) is 19.5 Å². The Morgan fingerprint density at radius 1 is 1.50 bits per heavy atom. The first kappa shape index (κ1) is 13.2. The molecule has 4 heteroatoms. The molecule has 0 aliphatic heterocycles. The Balaban J connectivity index is 2.62. The monoisotopic (exact) mass is 284 g/mol. The molecule has 16 heavy (non-hydrogen) atoms. The lowest BCUT2D eigenvalue weighted by molar-refractivity contribution is -0.119. The van der Waals surface area contributed by atoms with E-state index in [4.69, 9.17) is 0 Å². The maximum absolute atomic E-state index is 11.9. The number of carbonyl (C=O) groups is 1. The molecule has 0 radical (unpaired) electrons. The SMILES string of the molecule is CCC(CNC)C(=O)Nc1cccc(Br)c1. The van der Waals surface area contributed by atoms with Crippen molar-refractivity contribution in [2.75, 3.05) is 18.9 Å². The summed E-state index contributed by atoms with van der Waals surface area (Å²) in [6, 6.07) is 7.61. The van der Waals surface area contributed by atoms with E-state index >= 15 is 0 Å². The largest absolute Gasteiger partial charge is 0.326 e. The van der Waals surface area contributed by atoms with Crippen LogP contribution >= 0.6 is 15.9 Å². The van der Waals surface area contributed by atoms with Gasteiger partial charge < -0.3 is 10.6 Å². The van der Waals surface area contributed by atoms with Gasteiger partial charge in [-0.3, -0.25) is 4.79 Å². The zero-order valence-corrected chi connectivity index (χ0v) is 11.2. The van der Waals surface area contributed by atoms with Gasteiger partial charge in [0.1, 0.15) is 0 Å². The van der Waals surface area contributed by atoms with Gasteiger partial charge in [0.25, 0.3) is 0 Å². The van der Waals surface area contributed by atoms with E-state index in [1.807, 2.05) is 38.2 Å². The lowest BCUT2D eigenvalue weighted by Gasteiger charge is -2.14. The van der Waals surface area contributed by atoms with E-state index in [0.29, 0.717) is 6.54 Å². The molecule has 0 bridgehead atoms. The lowest BCUT2D eigenvalue weighted by Crippen LogP contribution is -2.30. The number of rotatable bonds is 5. The Morgan fingerprint density at radius 3 is 2.81 bits per heavy atom. The highest BCUT2D eigenvalue weighted by Gasteiger charge is 2.15. The molecule has 1 aromatic carbocycles. The number of nitrogens with one attached hydrogen (secondary N) is 2. The topological polar surface area (TPSA) is 41.1 Å². The quantitative estimate of drug-likeness (QED) is 0.873. The van der Waals surface area contributed by atoms with E-state index in [1.165, 1.54) is 0 Å². The normalized spacial score (nSPS) is 12.2. The predicted octanol–water partition coefficient (Wildman–Crippen LogP) is 2.63. The van der Waals surface area contributed by atoms with Crippen LogP contribution in [0.1, 0.15) is 13.3 Å². The summed E-state index contributed by atoms with van der Waals surface area (Å²) >= 11 is 3.37. The Bertz CT molecular complexity index is 355. The van der Waals surface area contributed by atoms with Gasteiger partial charge in [0, 0.05) is 16.7 Å². The van der Waals surface area contributed by atoms with Crippen LogP contribution in [0.15, 0.2) is 28.7 Å². The molecule has 0 spiro atoms. The fourth-order valence-electron chi connectivity index (χ4n) is 1.48. The van der Waals surface area contributed by atoms with Crippen molar-refractivity contribution in [1.29, 1.82) is 0 Å². The third-order valence-electron chi connectivity index (χ3n) is 2.41. The van der Waals surface area contributed by atoms with Gasteiger partial charge in [-0.25, -0.2) is 0 Å². The summed E-state index contributed by atoms with van der Waals surface area (Å²) in [5, 5.41) is 5.94. The van der Waals surface area contributed by atoms with Crippen molar-refractivity contribution in [1.82, 2.24) is 5.32 Å². The summed E-state index contributed by atoms with van der Waals surface area (Å²) in [6.45, 7) is 2.72. The predicted molar refractivity (Wildman–Crippen MR) is 70.5 cm³/mol. The van der Waals surface area contributed by atoms with Crippen molar-refractivity contribution in [3.8, 4) is 0 Å². The second-order valence-electron chi connectivity index (χ2n) is 3.66. The van der Waals surface area contributed by atoms with Gasteiger partial charge in [-0.2, -0.15) is 0 Å². The Labute approximate surface area is 105 Å². The third-order valence-corrected chi connectivity index (χ3v) is 2.90. The fourth-order valence-corrected chi connectivity index (χ4v) is 1.88. The average molecular weight is 285 g/mol. The third kappa shape index (κ3) is 3.94. The molecular formula is C12H17BrN2O. The zero-order valence-electron chi connectivity index (χ0n) is 9.59. The number of hydrogen-bond acceptors (Lipinski definition) is 2. The molecule has 0 fully saturated rings. The molecule has 0 aliphatic carbocycles. The van der Waals surface area contributed by atoms with E-state index in [-0.39, 0.29) is 11.8 Å². The number of halogens is 1.